The highest BCUT2D eigenvalue weighted by Crippen LogP contribution is 2.43. The van der Waals surface area contributed by atoms with Crippen molar-refractivity contribution >= 4 is 40.9 Å². The fraction of sp³-hybridized carbons (Fsp3) is 0.556. The molecule has 0 saturated heterocycles. The Morgan fingerprint density at radius 3 is 2.17 bits per heavy atom. The minimum atomic E-state index is -4.96. The first-order valence-corrected chi connectivity index (χ1v) is 13.5. The number of benzene rings is 1. The molecular weight excluding hydrogens is 577 g/mol. The maximum atomic E-state index is 14.4. The van der Waals surface area contributed by atoms with E-state index in [9.17, 15) is 37.1 Å². The number of carbonyl (C=O) groups is 3. The molecule has 1 amide bonds. The lowest BCUT2D eigenvalue weighted by Crippen LogP contribution is -2.42. The molecule has 1 saturated carbocycles. The molecule has 3 rings (SSSR count). The number of hydrogen-bond acceptors (Lipinski definition) is 4. The Labute approximate surface area is 239 Å². The third-order valence-corrected chi connectivity index (χ3v) is 8.29. The standard InChI is InChI=1S/C27H31Cl2F4N3O4/c1-5-25(2,3)14-35(13-20(37)21-18(28)10-15(30)11-19(21)29)23(38)17-12-34-36(22(17)27(31,32)33)16-6-8-26(4,9-7-16)24(39)40/h10-12,16H,5-9,13-14H2,1-4H3,(H,39,40)/t16-,26-. The van der Waals surface area contributed by atoms with Crippen LogP contribution in [-0.4, -0.2) is 50.5 Å². The third kappa shape index (κ3) is 6.79. The number of aromatic nitrogens is 2. The van der Waals surface area contributed by atoms with Gasteiger partial charge in [0.25, 0.3) is 5.91 Å². The molecule has 1 aliphatic rings. The zero-order valence-corrected chi connectivity index (χ0v) is 24.1. The number of hydrogen-bond donors (Lipinski definition) is 1. The number of rotatable bonds is 9. The summed E-state index contributed by atoms with van der Waals surface area (Å²) in [7, 11) is 0. The first-order valence-electron chi connectivity index (χ1n) is 12.8. The van der Waals surface area contributed by atoms with Gasteiger partial charge in [-0.2, -0.15) is 18.3 Å². The molecule has 1 fully saturated rings. The van der Waals surface area contributed by atoms with E-state index >= 15 is 0 Å². The van der Waals surface area contributed by atoms with Gasteiger partial charge in [0, 0.05) is 6.54 Å². The quantitative estimate of drug-likeness (QED) is 0.238. The molecule has 1 aliphatic carbocycles. The number of amides is 1. The van der Waals surface area contributed by atoms with E-state index in [0.29, 0.717) is 6.42 Å². The van der Waals surface area contributed by atoms with Gasteiger partial charge in [0.05, 0.1) is 45.4 Å². The summed E-state index contributed by atoms with van der Waals surface area (Å²) in [5, 5.41) is 12.8. The van der Waals surface area contributed by atoms with Gasteiger partial charge >= 0.3 is 12.1 Å². The number of carbonyl (C=O) groups excluding carboxylic acids is 2. The lowest BCUT2D eigenvalue weighted by atomic mass is 9.74. The van der Waals surface area contributed by atoms with Crippen molar-refractivity contribution in [3.63, 3.8) is 0 Å². The molecule has 13 heteroatoms. The molecule has 1 heterocycles. The normalized spacial score (nSPS) is 19.9. The van der Waals surface area contributed by atoms with Crippen LogP contribution in [0.25, 0.3) is 0 Å². The molecule has 1 aromatic heterocycles. The molecule has 0 radical (unpaired) electrons. The molecule has 1 aromatic carbocycles. The van der Waals surface area contributed by atoms with Crippen molar-refractivity contribution < 1.29 is 37.1 Å². The number of alkyl halides is 3. The van der Waals surface area contributed by atoms with Crippen LogP contribution in [0.1, 0.15) is 92.3 Å². The zero-order valence-electron chi connectivity index (χ0n) is 22.5. The van der Waals surface area contributed by atoms with E-state index in [1.807, 2.05) is 6.92 Å². The Balaban J connectivity index is 2.01. The summed E-state index contributed by atoms with van der Waals surface area (Å²) >= 11 is 12.1. The van der Waals surface area contributed by atoms with Crippen molar-refractivity contribution in [3.05, 3.63) is 51.0 Å². The summed E-state index contributed by atoms with van der Waals surface area (Å²) in [6.45, 7) is 6.25. The topological polar surface area (TPSA) is 92.5 Å². The summed E-state index contributed by atoms with van der Waals surface area (Å²) in [5.41, 5.74) is -3.86. The molecule has 0 atom stereocenters. The highest BCUT2D eigenvalue weighted by molar-refractivity contribution is 6.40. The fourth-order valence-corrected chi connectivity index (χ4v) is 5.51. The molecule has 0 aliphatic heterocycles. The summed E-state index contributed by atoms with van der Waals surface area (Å²) < 4.78 is 57.7. The van der Waals surface area contributed by atoms with Crippen LogP contribution in [0, 0.1) is 16.6 Å². The predicted octanol–water partition coefficient (Wildman–Crippen LogP) is 7.32. The Morgan fingerprint density at radius 1 is 1.15 bits per heavy atom. The molecule has 220 valence electrons. The van der Waals surface area contributed by atoms with Crippen molar-refractivity contribution in [2.45, 2.75) is 72.0 Å². The number of ketones is 1. The van der Waals surface area contributed by atoms with Crippen molar-refractivity contribution in [1.29, 1.82) is 0 Å². The molecule has 0 spiro atoms. The van der Waals surface area contributed by atoms with Gasteiger partial charge in [-0.1, -0.05) is 44.0 Å². The van der Waals surface area contributed by atoms with Crippen molar-refractivity contribution in [2.75, 3.05) is 13.1 Å². The second-order valence-electron chi connectivity index (χ2n) is 11.3. The van der Waals surface area contributed by atoms with Gasteiger partial charge in [-0.25, -0.2) is 4.39 Å². The molecule has 1 N–H and O–H groups in total. The van der Waals surface area contributed by atoms with E-state index in [1.54, 1.807) is 20.8 Å². The first-order chi connectivity index (χ1) is 18.4. The van der Waals surface area contributed by atoms with Gasteiger partial charge in [0.15, 0.2) is 11.5 Å². The number of carboxylic acid groups (broad SMARTS) is 1. The van der Waals surface area contributed by atoms with Crippen LogP contribution in [0.15, 0.2) is 18.3 Å². The van der Waals surface area contributed by atoms with Gasteiger partial charge < -0.3 is 10.0 Å². The fourth-order valence-electron chi connectivity index (χ4n) is 4.84. The van der Waals surface area contributed by atoms with Gasteiger partial charge in [0.2, 0.25) is 0 Å². The number of nitrogens with zero attached hydrogens (tertiary/aromatic N) is 3. The Bertz CT molecular complexity index is 1280. The van der Waals surface area contributed by atoms with Gasteiger partial charge in [-0.15, -0.1) is 0 Å². The van der Waals surface area contributed by atoms with Crippen molar-refractivity contribution in [2.24, 2.45) is 10.8 Å². The molecule has 0 bridgehead atoms. The van der Waals surface area contributed by atoms with Gasteiger partial charge in [-0.05, 0) is 56.6 Å². The van der Waals surface area contributed by atoms with Crippen LogP contribution >= 0.6 is 23.2 Å². The minimum absolute atomic E-state index is 0.0760. The average molecular weight is 608 g/mol. The van der Waals surface area contributed by atoms with Crippen molar-refractivity contribution in [3.8, 4) is 0 Å². The lowest BCUT2D eigenvalue weighted by molar-refractivity contribution is -0.152. The monoisotopic (exact) mass is 607 g/mol. The maximum Gasteiger partial charge on any atom is 0.433 e. The summed E-state index contributed by atoms with van der Waals surface area (Å²) in [4.78, 5) is 39.5. The minimum Gasteiger partial charge on any atom is -0.481 e. The lowest BCUT2D eigenvalue weighted by Gasteiger charge is -2.35. The van der Waals surface area contributed by atoms with Crippen molar-refractivity contribution in [1.82, 2.24) is 14.7 Å². The van der Waals surface area contributed by atoms with E-state index in [1.165, 1.54) is 0 Å². The van der Waals surface area contributed by atoms with Crippen LogP contribution in [0.2, 0.25) is 10.0 Å². The van der Waals surface area contributed by atoms with E-state index in [0.717, 1.165) is 27.9 Å². The predicted molar refractivity (Wildman–Crippen MR) is 141 cm³/mol. The number of halogens is 6. The summed E-state index contributed by atoms with van der Waals surface area (Å²) in [5.74, 6) is -3.62. The highest BCUT2D eigenvalue weighted by Gasteiger charge is 2.45. The summed E-state index contributed by atoms with van der Waals surface area (Å²) in [6, 6.07) is 1.01. The van der Waals surface area contributed by atoms with E-state index < -0.39 is 64.3 Å². The van der Waals surface area contributed by atoms with Crippen LogP contribution in [-0.2, 0) is 11.0 Å². The summed E-state index contributed by atoms with van der Waals surface area (Å²) in [6.07, 6.45) is -3.02. The Morgan fingerprint density at radius 2 is 1.70 bits per heavy atom. The zero-order chi connectivity index (χ0) is 30.2. The number of Topliss-reactive ketones (excluding diaryl/α,β-unsaturated/α-hetero) is 1. The second-order valence-corrected chi connectivity index (χ2v) is 12.1. The van der Waals surface area contributed by atoms with Crippen LogP contribution in [0.4, 0.5) is 17.6 Å². The SMILES string of the molecule is CCC(C)(C)CN(CC(=O)c1c(Cl)cc(F)cc1Cl)C(=O)c1cnn([C@H]2CC[C@](C)(C(=O)O)CC2)c1C(F)(F)F. The Hall–Kier alpha value is -2.66. The maximum absolute atomic E-state index is 14.4. The van der Waals surface area contributed by atoms with Gasteiger partial charge in [-0.3, -0.25) is 19.1 Å². The largest absolute Gasteiger partial charge is 0.481 e. The van der Waals surface area contributed by atoms with E-state index in [-0.39, 0.29) is 47.8 Å². The smallest absolute Gasteiger partial charge is 0.433 e. The van der Waals surface area contributed by atoms with Crippen LogP contribution in [0.3, 0.4) is 0 Å². The highest BCUT2D eigenvalue weighted by atomic mass is 35.5. The van der Waals surface area contributed by atoms with E-state index in [2.05, 4.69) is 5.10 Å². The van der Waals surface area contributed by atoms with Crippen LogP contribution < -0.4 is 0 Å². The third-order valence-electron chi connectivity index (χ3n) is 7.70. The molecule has 2 aromatic rings. The van der Waals surface area contributed by atoms with Crippen LogP contribution in [0.5, 0.6) is 0 Å². The molecule has 7 nitrogen and oxygen atoms in total. The molecule has 40 heavy (non-hydrogen) atoms. The van der Waals surface area contributed by atoms with Gasteiger partial charge in [0.1, 0.15) is 5.82 Å². The molecular formula is C27H31Cl2F4N3O4. The first kappa shape index (κ1) is 31.9. The average Bonchev–Trinajstić information content (AvgIpc) is 3.28. The van der Waals surface area contributed by atoms with E-state index in [4.69, 9.17) is 23.2 Å². The second kappa shape index (κ2) is 11.7. The Kier molecular flexibility index (Phi) is 9.30. The number of carboxylic acids is 1. The molecule has 0 unspecified atom stereocenters. The number of aliphatic carboxylic acids is 1.